The smallest absolute Gasteiger partial charge is 0.412 e. The molecule has 0 saturated heterocycles. The Balaban J connectivity index is 2.02. The number of amidine groups is 1. The highest BCUT2D eigenvalue weighted by molar-refractivity contribution is 6.46. The van der Waals surface area contributed by atoms with E-state index < -0.39 is 12.4 Å². The predicted molar refractivity (Wildman–Crippen MR) is 115 cm³/mol. The van der Waals surface area contributed by atoms with Gasteiger partial charge in [0.1, 0.15) is 12.4 Å². The highest BCUT2D eigenvalue weighted by Gasteiger charge is 2.15. The third kappa shape index (κ3) is 7.41. The van der Waals surface area contributed by atoms with Gasteiger partial charge in [0.25, 0.3) is 0 Å². The van der Waals surface area contributed by atoms with Crippen molar-refractivity contribution in [2.75, 3.05) is 33.2 Å². The molecule has 3 N–H and O–H groups in total. The number of pyridine rings is 1. The lowest BCUT2D eigenvalue weighted by Gasteiger charge is -2.14. The zero-order valence-corrected chi connectivity index (χ0v) is 17.9. The standard InChI is InChI=1S/C20H25N7O5/c1-27(26-22)19(21)18(14-8-5-4-6-9-14)25-32-12-15-10-7-11-16(23-15)24-20(28)31-13-17(29-2)30-3/h4-11,17,21-22H,12-13H2,1-3H3,(H,23,24,28)/b21-19?,25-18-,26-22?. The molecule has 2 rings (SSSR count). The van der Waals surface area contributed by atoms with Crippen molar-refractivity contribution in [1.82, 2.24) is 9.99 Å². The molecule has 170 valence electrons. The first kappa shape index (κ1) is 24.4. The van der Waals surface area contributed by atoms with E-state index in [1.807, 2.05) is 6.07 Å². The molecule has 1 aromatic heterocycles. The first-order valence-electron chi connectivity index (χ1n) is 9.39. The Morgan fingerprint density at radius 3 is 2.53 bits per heavy atom. The van der Waals surface area contributed by atoms with Crippen molar-refractivity contribution in [1.29, 1.82) is 10.9 Å². The lowest BCUT2D eigenvalue weighted by atomic mass is 10.1. The number of benzene rings is 1. The van der Waals surface area contributed by atoms with Gasteiger partial charge in [-0.1, -0.05) is 46.8 Å². The first-order valence-corrected chi connectivity index (χ1v) is 9.39. The molecule has 0 radical (unpaired) electrons. The van der Waals surface area contributed by atoms with Crippen LogP contribution in [0.4, 0.5) is 10.6 Å². The molecular weight excluding hydrogens is 418 g/mol. The maximum absolute atomic E-state index is 11.9. The molecule has 1 aromatic carbocycles. The summed E-state index contributed by atoms with van der Waals surface area (Å²) in [4.78, 5) is 21.6. The molecule has 1 heterocycles. The van der Waals surface area contributed by atoms with Crippen LogP contribution in [-0.2, 0) is 25.7 Å². The molecule has 0 atom stereocenters. The summed E-state index contributed by atoms with van der Waals surface area (Å²) in [6, 6.07) is 13.9. The van der Waals surface area contributed by atoms with Crippen molar-refractivity contribution in [3.8, 4) is 0 Å². The highest BCUT2D eigenvalue weighted by atomic mass is 16.7. The number of nitrogens with one attached hydrogen (secondary N) is 3. The number of methoxy groups -OCH3 is 2. The molecule has 0 aliphatic heterocycles. The van der Waals surface area contributed by atoms with Gasteiger partial charge >= 0.3 is 6.09 Å². The van der Waals surface area contributed by atoms with Gasteiger partial charge in [0.2, 0.25) is 0 Å². The van der Waals surface area contributed by atoms with Gasteiger partial charge in [0, 0.05) is 26.8 Å². The van der Waals surface area contributed by atoms with Crippen LogP contribution in [0.25, 0.3) is 0 Å². The second-order valence-electron chi connectivity index (χ2n) is 6.19. The Kier molecular flexibility index (Phi) is 9.69. The fraction of sp³-hybridized carbons (Fsp3) is 0.300. The summed E-state index contributed by atoms with van der Waals surface area (Å²) in [7, 11) is 4.34. The van der Waals surface area contributed by atoms with Crippen molar-refractivity contribution >= 4 is 23.5 Å². The largest absolute Gasteiger partial charge is 0.444 e. The van der Waals surface area contributed by atoms with Gasteiger partial charge in [-0.15, -0.1) is 0 Å². The zero-order valence-electron chi connectivity index (χ0n) is 17.9. The van der Waals surface area contributed by atoms with Crippen LogP contribution in [0.1, 0.15) is 11.3 Å². The maximum Gasteiger partial charge on any atom is 0.412 e. The van der Waals surface area contributed by atoms with E-state index in [-0.39, 0.29) is 30.6 Å². The van der Waals surface area contributed by atoms with Gasteiger partial charge in [0.15, 0.2) is 24.4 Å². The van der Waals surface area contributed by atoms with E-state index in [1.54, 1.807) is 42.5 Å². The van der Waals surface area contributed by atoms with E-state index in [0.717, 1.165) is 5.01 Å². The van der Waals surface area contributed by atoms with Crippen LogP contribution in [0.3, 0.4) is 0 Å². The minimum Gasteiger partial charge on any atom is -0.444 e. The summed E-state index contributed by atoms with van der Waals surface area (Å²) in [5.41, 5.74) is 8.42. The molecule has 1 amide bonds. The molecule has 0 saturated carbocycles. The molecule has 0 spiro atoms. The van der Waals surface area contributed by atoms with Crippen molar-refractivity contribution in [2.24, 2.45) is 10.4 Å². The molecule has 12 heteroatoms. The Morgan fingerprint density at radius 1 is 1.16 bits per heavy atom. The topological polar surface area (TPSA) is 155 Å². The zero-order chi connectivity index (χ0) is 23.3. The summed E-state index contributed by atoms with van der Waals surface area (Å²) in [6.45, 7) is -0.102. The lowest BCUT2D eigenvalue weighted by molar-refractivity contribution is -0.127. The van der Waals surface area contributed by atoms with Gasteiger partial charge < -0.3 is 19.0 Å². The van der Waals surface area contributed by atoms with E-state index in [1.165, 1.54) is 21.3 Å². The summed E-state index contributed by atoms with van der Waals surface area (Å²) in [6.07, 6.45) is -1.37. The van der Waals surface area contributed by atoms with Crippen molar-refractivity contribution < 1.29 is 23.8 Å². The second kappa shape index (κ2) is 12.7. The number of ether oxygens (including phenoxy) is 3. The molecule has 0 fully saturated rings. The minimum atomic E-state index is -0.713. The van der Waals surface area contributed by atoms with Gasteiger partial charge in [-0.3, -0.25) is 10.7 Å². The lowest BCUT2D eigenvalue weighted by Crippen LogP contribution is -2.29. The first-order chi connectivity index (χ1) is 15.5. The summed E-state index contributed by atoms with van der Waals surface area (Å²) in [5, 5.41) is 19.0. The summed E-state index contributed by atoms with van der Waals surface area (Å²) < 4.78 is 14.9. The van der Waals surface area contributed by atoms with Gasteiger partial charge in [-0.2, -0.15) is 5.53 Å². The van der Waals surface area contributed by atoms with Crippen molar-refractivity contribution in [3.05, 3.63) is 59.8 Å². The van der Waals surface area contributed by atoms with Crippen LogP contribution in [0.15, 0.2) is 58.9 Å². The van der Waals surface area contributed by atoms with Crippen LogP contribution >= 0.6 is 0 Å². The van der Waals surface area contributed by atoms with Crippen molar-refractivity contribution in [2.45, 2.75) is 12.9 Å². The number of anilines is 1. The fourth-order valence-corrected chi connectivity index (χ4v) is 2.34. The number of carbonyl (C=O) groups excluding carboxylic acids is 1. The normalized spacial score (nSPS) is 11.1. The SMILES string of the molecule is COC(COC(=O)Nc1cccc(CO/N=C(\C(=N)N(C)N=N)c2ccccc2)n1)OC. The van der Waals surface area contributed by atoms with Crippen LogP contribution in [0.5, 0.6) is 0 Å². The molecule has 12 nitrogen and oxygen atoms in total. The van der Waals surface area contributed by atoms with E-state index in [2.05, 4.69) is 20.7 Å². The number of hydrogen-bond acceptors (Lipinski definition) is 10. The Labute approximate surface area is 185 Å². The van der Waals surface area contributed by atoms with Crippen LogP contribution in [0.2, 0.25) is 0 Å². The van der Waals surface area contributed by atoms with Gasteiger partial charge in [-0.05, 0) is 12.1 Å². The molecule has 0 aliphatic rings. The summed E-state index contributed by atoms with van der Waals surface area (Å²) >= 11 is 0. The monoisotopic (exact) mass is 443 g/mol. The Hall–Kier alpha value is -3.90. The number of oxime groups is 1. The van der Waals surface area contributed by atoms with Crippen LogP contribution < -0.4 is 5.32 Å². The number of carbonyl (C=O) groups is 1. The van der Waals surface area contributed by atoms with Crippen LogP contribution in [-0.4, -0.2) is 61.8 Å². The number of amides is 1. The van der Waals surface area contributed by atoms with Crippen LogP contribution in [0, 0.1) is 10.9 Å². The third-order valence-corrected chi connectivity index (χ3v) is 4.03. The third-order valence-electron chi connectivity index (χ3n) is 4.03. The average Bonchev–Trinajstić information content (AvgIpc) is 2.82. The molecular formula is C20H25N7O5. The second-order valence-corrected chi connectivity index (χ2v) is 6.19. The molecule has 0 aliphatic carbocycles. The molecule has 32 heavy (non-hydrogen) atoms. The number of nitrogens with zero attached hydrogens (tertiary/aromatic N) is 4. The minimum absolute atomic E-state index is 0.0225. The molecule has 0 unspecified atom stereocenters. The number of hydrogen-bond donors (Lipinski definition) is 3. The Morgan fingerprint density at radius 2 is 1.88 bits per heavy atom. The average molecular weight is 443 g/mol. The van der Waals surface area contributed by atoms with E-state index in [9.17, 15) is 4.79 Å². The number of rotatable bonds is 11. The van der Waals surface area contributed by atoms with Gasteiger partial charge in [0.05, 0.1) is 5.69 Å². The van der Waals surface area contributed by atoms with E-state index >= 15 is 0 Å². The van der Waals surface area contributed by atoms with E-state index in [0.29, 0.717) is 11.3 Å². The number of likely N-dealkylation sites (N-methyl/N-ethyl adjacent to an activating group) is 1. The number of aromatic nitrogens is 1. The van der Waals surface area contributed by atoms with Crippen molar-refractivity contribution in [3.63, 3.8) is 0 Å². The molecule has 2 aromatic rings. The van der Waals surface area contributed by atoms with E-state index in [4.69, 9.17) is 30.0 Å². The predicted octanol–water partition coefficient (Wildman–Crippen LogP) is 3.02. The quantitative estimate of drug-likeness (QED) is 0.158. The van der Waals surface area contributed by atoms with Gasteiger partial charge in [-0.25, -0.2) is 14.8 Å². The Bertz CT molecular complexity index is 935. The maximum atomic E-state index is 11.9. The summed E-state index contributed by atoms with van der Waals surface area (Å²) in [5.74, 6) is 0.151. The fourth-order valence-electron chi connectivity index (χ4n) is 2.34. The molecule has 0 bridgehead atoms. The highest BCUT2D eigenvalue weighted by Crippen LogP contribution is 2.09.